The van der Waals surface area contributed by atoms with Gasteiger partial charge in [0.25, 0.3) is 0 Å². The van der Waals surface area contributed by atoms with E-state index in [0.717, 1.165) is 11.3 Å². The smallest absolute Gasteiger partial charge is 0.319 e. The van der Waals surface area contributed by atoms with Crippen LogP contribution in [0, 0.1) is 13.8 Å². The second-order valence-electron chi connectivity index (χ2n) is 5.18. The molecule has 2 aromatic rings. The van der Waals surface area contributed by atoms with Crippen LogP contribution < -0.4 is 20.1 Å². The summed E-state index contributed by atoms with van der Waals surface area (Å²) in [5.74, 6) is 1.33. The Kier molecular flexibility index (Phi) is 5.86. The number of amides is 2. The summed E-state index contributed by atoms with van der Waals surface area (Å²) in [6, 6.07) is 13.0. The standard InChI is InChI=1S/C18H22N2O3/c1-13-8-9-15(12-14(13)2)20-18(21)19-10-11-23-17-7-5-4-6-16(17)22-3/h4-9,12H,10-11H2,1-3H3,(H2,19,20,21). The highest BCUT2D eigenvalue weighted by Crippen LogP contribution is 2.25. The molecule has 0 aromatic heterocycles. The molecule has 0 bridgehead atoms. The minimum atomic E-state index is -0.253. The van der Waals surface area contributed by atoms with Crippen molar-refractivity contribution in [2.45, 2.75) is 13.8 Å². The van der Waals surface area contributed by atoms with E-state index in [1.54, 1.807) is 7.11 Å². The molecule has 2 N–H and O–H groups in total. The normalized spacial score (nSPS) is 10.0. The number of urea groups is 1. The number of benzene rings is 2. The van der Waals surface area contributed by atoms with Gasteiger partial charge in [-0.2, -0.15) is 0 Å². The Balaban J connectivity index is 1.75. The minimum absolute atomic E-state index is 0.253. The van der Waals surface area contributed by atoms with Crippen molar-refractivity contribution in [1.82, 2.24) is 5.32 Å². The molecular weight excluding hydrogens is 292 g/mol. The summed E-state index contributed by atoms with van der Waals surface area (Å²) in [6.07, 6.45) is 0. The molecule has 23 heavy (non-hydrogen) atoms. The molecule has 122 valence electrons. The number of methoxy groups -OCH3 is 1. The molecule has 0 spiro atoms. The highest BCUT2D eigenvalue weighted by Gasteiger charge is 2.04. The van der Waals surface area contributed by atoms with Gasteiger partial charge in [0.05, 0.1) is 13.7 Å². The van der Waals surface area contributed by atoms with Gasteiger partial charge in [0, 0.05) is 5.69 Å². The summed E-state index contributed by atoms with van der Waals surface area (Å²) in [7, 11) is 1.59. The van der Waals surface area contributed by atoms with Crippen LogP contribution in [-0.4, -0.2) is 26.3 Å². The molecule has 5 heteroatoms. The van der Waals surface area contributed by atoms with Crippen LogP contribution in [0.15, 0.2) is 42.5 Å². The van der Waals surface area contributed by atoms with Crippen LogP contribution in [0.4, 0.5) is 10.5 Å². The maximum Gasteiger partial charge on any atom is 0.319 e. The van der Waals surface area contributed by atoms with Crippen molar-refractivity contribution >= 4 is 11.7 Å². The Bertz CT molecular complexity index is 671. The van der Waals surface area contributed by atoms with E-state index in [9.17, 15) is 4.79 Å². The number of carbonyl (C=O) groups excluding carboxylic acids is 1. The molecule has 5 nitrogen and oxygen atoms in total. The number of carbonyl (C=O) groups is 1. The van der Waals surface area contributed by atoms with Crippen LogP contribution in [0.1, 0.15) is 11.1 Å². The Hall–Kier alpha value is -2.69. The minimum Gasteiger partial charge on any atom is -0.493 e. The Labute approximate surface area is 136 Å². The average Bonchev–Trinajstić information content (AvgIpc) is 2.55. The first-order valence-electron chi connectivity index (χ1n) is 7.48. The van der Waals surface area contributed by atoms with Gasteiger partial charge < -0.3 is 20.1 Å². The van der Waals surface area contributed by atoms with E-state index in [1.165, 1.54) is 5.56 Å². The zero-order chi connectivity index (χ0) is 16.7. The molecule has 0 saturated carbocycles. The topological polar surface area (TPSA) is 59.6 Å². The predicted molar refractivity (Wildman–Crippen MR) is 91.4 cm³/mol. The van der Waals surface area contributed by atoms with Crippen LogP contribution in [0.2, 0.25) is 0 Å². The van der Waals surface area contributed by atoms with E-state index in [2.05, 4.69) is 10.6 Å². The summed E-state index contributed by atoms with van der Waals surface area (Å²) in [4.78, 5) is 11.8. The SMILES string of the molecule is COc1ccccc1OCCNC(=O)Nc1ccc(C)c(C)c1. The lowest BCUT2D eigenvalue weighted by atomic mass is 10.1. The van der Waals surface area contributed by atoms with Crippen LogP contribution in [0.5, 0.6) is 11.5 Å². The molecule has 0 aliphatic carbocycles. The quantitative estimate of drug-likeness (QED) is 0.802. The first-order chi connectivity index (χ1) is 11.1. The summed E-state index contributed by atoms with van der Waals surface area (Å²) < 4.78 is 10.8. The number of aryl methyl sites for hydroxylation is 2. The van der Waals surface area contributed by atoms with Crippen molar-refractivity contribution in [2.24, 2.45) is 0 Å². The second kappa shape index (κ2) is 8.08. The third kappa shape index (κ3) is 4.92. The van der Waals surface area contributed by atoms with Crippen LogP contribution in [0.3, 0.4) is 0 Å². The van der Waals surface area contributed by atoms with Crippen LogP contribution in [0.25, 0.3) is 0 Å². The Morgan fingerprint density at radius 2 is 1.78 bits per heavy atom. The third-order valence-electron chi connectivity index (χ3n) is 3.48. The van der Waals surface area contributed by atoms with Gasteiger partial charge in [0.15, 0.2) is 11.5 Å². The van der Waals surface area contributed by atoms with Crippen molar-refractivity contribution in [2.75, 3.05) is 25.6 Å². The van der Waals surface area contributed by atoms with Crippen molar-refractivity contribution < 1.29 is 14.3 Å². The predicted octanol–water partition coefficient (Wildman–Crippen LogP) is 3.51. The molecule has 0 unspecified atom stereocenters. The molecule has 0 atom stereocenters. The van der Waals surface area contributed by atoms with Gasteiger partial charge in [-0.1, -0.05) is 18.2 Å². The maximum atomic E-state index is 11.8. The van der Waals surface area contributed by atoms with Gasteiger partial charge in [-0.3, -0.25) is 0 Å². The van der Waals surface area contributed by atoms with Crippen molar-refractivity contribution in [3.8, 4) is 11.5 Å². The average molecular weight is 314 g/mol. The molecule has 0 fully saturated rings. The number of hydrogen-bond acceptors (Lipinski definition) is 3. The monoisotopic (exact) mass is 314 g/mol. The number of nitrogens with one attached hydrogen (secondary N) is 2. The lowest BCUT2D eigenvalue weighted by molar-refractivity contribution is 0.246. The first-order valence-corrected chi connectivity index (χ1v) is 7.48. The number of para-hydroxylation sites is 2. The van der Waals surface area contributed by atoms with Gasteiger partial charge >= 0.3 is 6.03 Å². The highest BCUT2D eigenvalue weighted by molar-refractivity contribution is 5.89. The Morgan fingerprint density at radius 1 is 1.04 bits per heavy atom. The fraction of sp³-hybridized carbons (Fsp3) is 0.278. The molecule has 0 radical (unpaired) electrons. The van der Waals surface area contributed by atoms with E-state index >= 15 is 0 Å². The van der Waals surface area contributed by atoms with Gasteiger partial charge in [0.1, 0.15) is 6.61 Å². The van der Waals surface area contributed by atoms with Crippen molar-refractivity contribution in [3.05, 3.63) is 53.6 Å². The maximum absolute atomic E-state index is 11.8. The van der Waals surface area contributed by atoms with Crippen LogP contribution >= 0.6 is 0 Å². The molecule has 0 heterocycles. The van der Waals surface area contributed by atoms with Gasteiger partial charge in [-0.15, -0.1) is 0 Å². The zero-order valence-corrected chi connectivity index (χ0v) is 13.7. The summed E-state index contributed by atoms with van der Waals surface area (Å²) in [5, 5.41) is 5.56. The molecule has 0 aliphatic heterocycles. The summed E-state index contributed by atoms with van der Waals surface area (Å²) >= 11 is 0. The molecule has 2 rings (SSSR count). The molecule has 2 amide bonds. The van der Waals surface area contributed by atoms with Gasteiger partial charge in [-0.25, -0.2) is 4.79 Å². The molecular formula is C18H22N2O3. The van der Waals surface area contributed by atoms with Crippen LogP contribution in [-0.2, 0) is 0 Å². The van der Waals surface area contributed by atoms with E-state index in [0.29, 0.717) is 24.7 Å². The zero-order valence-electron chi connectivity index (χ0n) is 13.7. The molecule has 0 aliphatic rings. The lowest BCUT2D eigenvalue weighted by Crippen LogP contribution is -2.32. The molecule has 2 aromatic carbocycles. The summed E-state index contributed by atoms with van der Waals surface area (Å²) in [5.41, 5.74) is 3.11. The van der Waals surface area contributed by atoms with E-state index in [1.807, 2.05) is 56.3 Å². The largest absolute Gasteiger partial charge is 0.493 e. The van der Waals surface area contributed by atoms with E-state index in [4.69, 9.17) is 9.47 Å². The van der Waals surface area contributed by atoms with Gasteiger partial charge in [-0.05, 0) is 49.2 Å². The molecule has 0 saturated heterocycles. The highest BCUT2D eigenvalue weighted by atomic mass is 16.5. The number of ether oxygens (including phenoxy) is 2. The first kappa shape index (κ1) is 16.7. The van der Waals surface area contributed by atoms with E-state index < -0.39 is 0 Å². The van der Waals surface area contributed by atoms with Crippen molar-refractivity contribution in [1.29, 1.82) is 0 Å². The lowest BCUT2D eigenvalue weighted by Gasteiger charge is -2.12. The number of hydrogen-bond donors (Lipinski definition) is 2. The van der Waals surface area contributed by atoms with Crippen molar-refractivity contribution in [3.63, 3.8) is 0 Å². The summed E-state index contributed by atoms with van der Waals surface area (Å²) in [6.45, 7) is 4.81. The van der Waals surface area contributed by atoms with E-state index in [-0.39, 0.29) is 6.03 Å². The number of rotatable bonds is 6. The van der Waals surface area contributed by atoms with Gasteiger partial charge in [0.2, 0.25) is 0 Å². The Morgan fingerprint density at radius 3 is 2.48 bits per heavy atom. The second-order valence-corrected chi connectivity index (χ2v) is 5.18. The number of anilines is 1. The fourth-order valence-electron chi connectivity index (χ4n) is 2.06. The fourth-order valence-corrected chi connectivity index (χ4v) is 2.06. The third-order valence-corrected chi connectivity index (χ3v) is 3.48.